The lowest BCUT2D eigenvalue weighted by atomic mass is 9.82. The van der Waals surface area contributed by atoms with Crippen molar-refractivity contribution >= 4 is 18.0 Å². The van der Waals surface area contributed by atoms with Gasteiger partial charge in [-0.25, -0.2) is 4.79 Å². The van der Waals surface area contributed by atoms with Crippen molar-refractivity contribution in [3.05, 3.63) is 59.7 Å². The number of methoxy groups -OCH3 is 1. The number of carboxylic acids is 1. The van der Waals surface area contributed by atoms with Gasteiger partial charge >= 0.3 is 12.1 Å². The van der Waals surface area contributed by atoms with E-state index in [0.29, 0.717) is 6.42 Å². The van der Waals surface area contributed by atoms with E-state index in [1.807, 2.05) is 36.4 Å². The van der Waals surface area contributed by atoms with Crippen LogP contribution in [0.25, 0.3) is 11.1 Å². The first-order valence-electron chi connectivity index (χ1n) is 12.1. The van der Waals surface area contributed by atoms with Crippen molar-refractivity contribution in [1.29, 1.82) is 0 Å². The summed E-state index contributed by atoms with van der Waals surface area (Å²) in [5.41, 5.74) is 4.48. The maximum absolute atomic E-state index is 12.9. The molecular formula is C27H32N2O6. The zero-order chi connectivity index (χ0) is 24.8. The van der Waals surface area contributed by atoms with E-state index < -0.39 is 24.0 Å². The normalized spacial score (nSPS) is 19.8. The quantitative estimate of drug-likeness (QED) is 0.504. The Labute approximate surface area is 205 Å². The summed E-state index contributed by atoms with van der Waals surface area (Å²) >= 11 is 0. The van der Waals surface area contributed by atoms with Crippen LogP contribution >= 0.6 is 0 Å². The molecule has 0 bridgehead atoms. The number of carbonyl (C=O) groups is 3. The molecule has 8 nitrogen and oxygen atoms in total. The van der Waals surface area contributed by atoms with E-state index >= 15 is 0 Å². The molecule has 0 saturated heterocycles. The monoisotopic (exact) mass is 480 g/mol. The molecular weight excluding hydrogens is 448 g/mol. The Morgan fingerprint density at radius 2 is 1.63 bits per heavy atom. The molecule has 0 aliphatic heterocycles. The number of amides is 2. The highest BCUT2D eigenvalue weighted by Gasteiger charge is 2.32. The van der Waals surface area contributed by atoms with Crippen molar-refractivity contribution in [1.82, 2.24) is 10.6 Å². The van der Waals surface area contributed by atoms with E-state index in [-0.39, 0.29) is 37.5 Å². The standard InChI is InChI=1S/C27H32N2O6/c1-34-16-24(26(32)28-23-13-7-2-8-17(23)14-25(30)31)29-27(33)35-15-22-20-11-5-3-9-18(20)19-10-4-6-12-21(19)22/h3-6,9-12,17,22-24H,2,7-8,13-16H2,1H3,(H,28,32)(H,29,33)(H,30,31)/t17?,23?,24-/m0/s1. The van der Waals surface area contributed by atoms with E-state index in [1.54, 1.807) is 0 Å². The summed E-state index contributed by atoms with van der Waals surface area (Å²) in [6.07, 6.45) is 2.66. The summed E-state index contributed by atoms with van der Waals surface area (Å²) in [5, 5.41) is 14.8. The van der Waals surface area contributed by atoms with Crippen LogP contribution in [-0.2, 0) is 19.1 Å². The maximum atomic E-state index is 12.9. The Morgan fingerprint density at radius 1 is 1.00 bits per heavy atom. The molecule has 3 atom stereocenters. The number of hydrogen-bond donors (Lipinski definition) is 3. The molecule has 2 aromatic carbocycles. The van der Waals surface area contributed by atoms with Crippen LogP contribution in [0.15, 0.2) is 48.5 Å². The van der Waals surface area contributed by atoms with Crippen LogP contribution in [0.2, 0.25) is 0 Å². The summed E-state index contributed by atoms with van der Waals surface area (Å²) < 4.78 is 10.7. The average Bonchev–Trinajstić information content (AvgIpc) is 3.17. The minimum absolute atomic E-state index is 0.0136. The predicted octanol–water partition coefficient (Wildman–Crippen LogP) is 3.69. The fourth-order valence-electron chi connectivity index (χ4n) is 5.28. The van der Waals surface area contributed by atoms with Gasteiger partial charge < -0.3 is 25.2 Å². The van der Waals surface area contributed by atoms with Crippen LogP contribution < -0.4 is 10.6 Å². The van der Waals surface area contributed by atoms with Crippen molar-refractivity contribution < 1.29 is 29.0 Å². The number of alkyl carbamates (subject to hydrolysis) is 1. The summed E-state index contributed by atoms with van der Waals surface area (Å²) in [4.78, 5) is 36.8. The van der Waals surface area contributed by atoms with Gasteiger partial charge in [-0.3, -0.25) is 9.59 Å². The summed E-state index contributed by atoms with van der Waals surface area (Å²) in [7, 11) is 1.45. The summed E-state index contributed by atoms with van der Waals surface area (Å²) in [5.74, 6) is -1.48. The zero-order valence-electron chi connectivity index (χ0n) is 19.9. The molecule has 0 aromatic heterocycles. The highest BCUT2D eigenvalue weighted by atomic mass is 16.5. The van der Waals surface area contributed by atoms with Crippen LogP contribution in [0.1, 0.15) is 49.1 Å². The highest BCUT2D eigenvalue weighted by Crippen LogP contribution is 2.44. The third-order valence-electron chi connectivity index (χ3n) is 6.96. The Morgan fingerprint density at radius 3 is 2.26 bits per heavy atom. The molecule has 3 N–H and O–H groups in total. The molecule has 35 heavy (non-hydrogen) atoms. The first-order chi connectivity index (χ1) is 17.0. The molecule has 2 aliphatic carbocycles. The number of aliphatic carboxylic acids is 1. The number of nitrogens with one attached hydrogen (secondary N) is 2. The minimum Gasteiger partial charge on any atom is -0.481 e. The van der Waals surface area contributed by atoms with E-state index in [1.165, 1.54) is 7.11 Å². The van der Waals surface area contributed by atoms with Gasteiger partial charge in [0, 0.05) is 19.1 Å². The van der Waals surface area contributed by atoms with E-state index in [9.17, 15) is 19.5 Å². The first-order valence-corrected chi connectivity index (χ1v) is 12.1. The van der Waals surface area contributed by atoms with Gasteiger partial charge in [0.1, 0.15) is 12.6 Å². The van der Waals surface area contributed by atoms with Crippen molar-refractivity contribution in [2.45, 2.75) is 50.1 Å². The molecule has 8 heteroatoms. The molecule has 186 valence electrons. The van der Waals surface area contributed by atoms with Crippen LogP contribution in [0.3, 0.4) is 0 Å². The number of benzene rings is 2. The van der Waals surface area contributed by atoms with Crippen LogP contribution in [-0.4, -0.2) is 55.5 Å². The second-order valence-electron chi connectivity index (χ2n) is 9.24. The third-order valence-corrected chi connectivity index (χ3v) is 6.96. The molecule has 1 fully saturated rings. The minimum atomic E-state index is -0.942. The zero-order valence-corrected chi connectivity index (χ0v) is 19.9. The van der Waals surface area contributed by atoms with Gasteiger partial charge in [0.05, 0.1) is 13.0 Å². The molecule has 2 aliphatic rings. The van der Waals surface area contributed by atoms with Gasteiger partial charge in [-0.05, 0) is 41.0 Å². The maximum Gasteiger partial charge on any atom is 0.407 e. The summed E-state index contributed by atoms with van der Waals surface area (Å²) in [6.45, 7) is 0.122. The smallest absolute Gasteiger partial charge is 0.407 e. The first kappa shape index (κ1) is 24.7. The molecule has 0 radical (unpaired) electrons. The van der Waals surface area contributed by atoms with Crippen LogP contribution in [0, 0.1) is 5.92 Å². The Bertz CT molecular complexity index is 1030. The van der Waals surface area contributed by atoms with Gasteiger partial charge in [0.15, 0.2) is 0 Å². The lowest BCUT2D eigenvalue weighted by Crippen LogP contribution is -2.54. The Kier molecular flexibility index (Phi) is 8.02. The van der Waals surface area contributed by atoms with Crippen molar-refractivity contribution in [3.8, 4) is 11.1 Å². The Balaban J connectivity index is 1.37. The second-order valence-corrected chi connectivity index (χ2v) is 9.24. The largest absolute Gasteiger partial charge is 0.481 e. The number of carbonyl (C=O) groups excluding carboxylic acids is 2. The fourth-order valence-corrected chi connectivity index (χ4v) is 5.28. The molecule has 0 spiro atoms. The summed E-state index contributed by atoms with van der Waals surface area (Å²) in [6, 6.07) is 15.0. The topological polar surface area (TPSA) is 114 Å². The Hall–Kier alpha value is -3.39. The van der Waals surface area contributed by atoms with Gasteiger partial charge in [0.2, 0.25) is 5.91 Å². The van der Waals surface area contributed by atoms with Gasteiger partial charge in [-0.15, -0.1) is 0 Å². The number of ether oxygens (including phenoxy) is 2. The number of rotatable bonds is 9. The SMILES string of the molecule is COC[C@H](NC(=O)OCC1c2ccccc2-c2ccccc21)C(=O)NC1CCCCC1CC(=O)O. The highest BCUT2D eigenvalue weighted by molar-refractivity contribution is 5.86. The molecule has 2 amide bonds. The molecule has 2 aromatic rings. The average molecular weight is 481 g/mol. The van der Waals surface area contributed by atoms with Gasteiger partial charge in [-0.2, -0.15) is 0 Å². The number of fused-ring (bicyclic) bond motifs is 3. The molecule has 0 heterocycles. The third kappa shape index (κ3) is 5.82. The van der Waals surface area contributed by atoms with Gasteiger partial charge in [0.25, 0.3) is 0 Å². The lowest BCUT2D eigenvalue weighted by molar-refractivity contribution is -0.139. The van der Waals surface area contributed by atoms with Crippen LogP contribution in [0.5, 0.6) is 0 Å². The van der Waals surface area contributed by atoms with Gasteiger partial charge in [-0.1, -0.05) is 61.4 Å². The predicted molar refractivity (Wildman–Crippen MR) is 130 cm³/mol. The molecule has 4 rings (SSSR count). The van der Waals surface area contributed by atoms with Crippen LogP contribution in [0.4, 0.5) is 4.79 Å². The van der Waals surface area contributed by atoms with E-state index in [4.69, 9.17) is 9.47 Å². The van der Waals surface area contributed by atoms with E-state index in [0.717, 1.165) is 41.5 Å². The van der Waals surface area contributed by atoms with Crippen molar-refractivity contribution in [2.75, 3.05) is 20.3 Å². The molecule has 2 unspecified atom stereocenters. The second kappa shape index (κ2) is 11.4. The molecule has 1 saturated carbocycles. The van der Waals surface area contributed by atoms with Crippen molar-refractivity contribution in [3.63, 3.8) is 0 Å². The lowest BCUT2D eigenvalue weighted by Gasteiger charge is -2.32. The van der Waals surface area contributed by atoms with E-state index in [2.05, 4.69) is 22.8 Å². The number of hydrogen-bond acceptors (Lipinski definition) is 5. The van der Waals surface area contributed by atoms with Crippen molar-refractivity contribution in [2.24, 2.45) is 5.92 Å². The number of carboxylic acid groups (broad SMARTS) is 1. The fraction of sp³-hybridized carbons (Fsp3) is 0.444.